The maximum absolute atomic E-state index is 3.62. The van der Waals surface area contributed by atoms with Gasteiger partial charge in [-0.1, -0.05) is 48.5 Å². The van der Waals surface area contributed by atoms with Crippen molar-refractivity contribution in [1.29, 1.82) is 0 Å². The Balaban J connectivity index is 1.73. The molecule has 1 saturated carbocycles. The first-order valence-corrected chi connectivity index (χ1v) is 7.80. The molecule has 2 aromatic carbocycles. The monoisotopic (exact) mass is 276 g/mol. The minimum atomic E-state index is 0.774. The van der Waals surface area contributed by atoms with Crippen LogP contribution in [0.1, 0.15) is 18.4 Å². The van der Waals surface area contributed by atoms with Crippen LogP contribution in [-0.4, -0.2) is 17.6 Å². The Bertz CT molecular complexity index is 739. The summed E-state index contributed by atoms with van der Waals surface area (Å²) < 4.78 is 0. The van der Waals surface area contributed by atoms with E-state index in [1.807, 2.05) is 0 Å². The molecular weight excluding hydrogens is 256 g/mol. The largest absolute Gasteiger partial charge is 0.354 e. The van der Waals surface area contributed by atoms with Crippen LogP contribution in [0.25, 0.3) is 22.2 Å². The number of fused-ring (bicyclic) bond motifs is 1. The van der Waals surface area contributed by atoms with Gasteiger partial charge in [0.05, 0.1) is 0 Å². The smallest absolute Gasteiger partial charge is 0.0497 e. The van der Waals surface area contributed by atoms with Gasteiger partial charge >= 0.3 is 0 Å². The lowest BCUT2D eigenvalue weighted by atomic mass is 10.0. The molecule has 0 bridgehead atoms. The van der Waals surface area contributed by atoms with Crippen LogP contribution in [0, 0.1) is 0 Å². The summed E-state index contributed by atoms with van der Waals surface area (Å²) >= 11 is 0. The molecular formula is C19H20N2. The Labute approximate surface area is 125 Å². The number of H-pyrrole nitrogens is 1. The number of benzene rings is 2. The van der Waals surface area contributed by atoms with Crippen LogP contribution in [-0.2, 0) is 6.42 Å². The number of aromatic nitrogens is 1. The second-order valence-electron chi connectivity index (χ2n) is 5.87. The molecule has 0 aliphatic heterocycles. The fourth-order valence-electron chi connectivity index (χ4n) is 3.00. The highest BCUT2D eigenvalue weighted by atomic mass is 14.9. The third kappa shape index (κ3) is 2.59. The molecule has 4 rings (SSSR count). The van der Waals surface area contributed by atoms with Gasteiger partial charge in [0.15, 0.2) is 0 Å². The zero-order valence-electron chi connectivity index (χ0n) is 12.1. The quantitative estimate of drug-likeness (QED) is 0.720. The van der Waals surface area contributed by atoms with Gasteiger partial charge < -0.3 is 10.3 Å². The molecule has 0 radical (unpaired) electrons. The van der Waals surface area contributed by atoms with E-state index in [0.29, 0.717) is 0 Å². The van der Waals surface area contributed by atoms with Gasteiger partial charge in [0.25, 0.3) is 0 Å². The van der Waals surface area contributed by atoms with E-state index in [4.69, 9.17) is 0 Å². The molecule has 0 atom stereocenters. The highest BCUT2D eigenvalue weighted by Crippen LogP contribution is 2.30. The third-order valence-corrected chi connectivity index (χ3v) is 4.26. The van der Waals surface area contributed by atoms with Crippen LogP contribution in [0.5, 0.6) is 0 Å². The van der Waals surface area contributed by atoms with Gasteiger partial charge in [-0.25, -0.2) is 0 Å². The third-order valence-electron chi connectivity index (χ3n) is 4.26. The van der Waals surface area contributed by atoms with Crippen molar-refractivity contribution in [2.24, 2.45) is 0 Å². The van der Waals surface area contributed by atoms with E-state index in [2.05, 4.69) is 64.9 Å². The standard InChI is InChI=1S/C19H20N2/c1-2-6-14(7-3-1)19-17(12-13-20-15-10-11-15)16-8-4-5-9-18(16)21-19/h1-9,15,20-21H,10-13H2. The van der Waals surface area contributed by atoms with Crippen LogP contribution in [0.3, 0.4) is 0 Å². The lowest BCUT2D eigenvalue weighted by Gasteiger charge is -2.06. The zero-order chi connectivity index (χ0) is 14.1. The Morgan fingerprint density at radius 1 is 0.952 bits per heavy atom. The van der Waals surface area contributed by atoms with Crippen molar-refractivity contribution in [2.75, 3.05) is 6.54 Å². The van der Waals surface area contributed by atoms with Gasteiger partial charge in [0.1, 0.15) is 0 Å². The highest BCUT2D eigenvalue weighted by Gasteiger charge is 2.20. The Morgan fingerprint density at radius 2 is 1.71 bits per heavy atom. The maximum Gasteiger partial charge on any atom is 0.0497 e. The van der Waals surface area contributed by atoms with Gasteiger partial charge in [-0.3, -0.25) is 0 Å². The molecule has 3 aromatic rings. The number of hydrogen-bond donors (Lipinski definition) is 2. The average molecular weight is 276 g/mol. The van der Waals surface area contributed by atoms with Crippen molar-refractivity contribution in [3.63, 3.8) is 0 Å². The minimum absolute atomic E-state index is 0.774. The zero-order valence-corrected chi connectivity index (χ0v) is 12.1. The first-order valence-electron chi connectivity index (χ1n) is 7.80. The Morgan fingerprint density at radius 3 is 2.52 bits per heavy atom. The SMILES string of the molecule is c1ccc(-c2[nH]c3ccccc3c2CCNC2CC2)cc1. The minimum Gasteiger partial charge on any atom is -0.354 e. The molecule has 21 heavy (non-hydrogen) atoms. The van der Waals surface area contributed by atoms with Crippen molar-refractivity contribution in [2.45, 2.75) is 25.3 Å². The van der Waals surface area contributed by atoms with E-state index in [9.17, 15) is 0 Å². The Hall–Kier alpha value is -2.06. The maximum atomic E-state index is 3.62. The first kappa shape index (κ1) is 12.7. The number of para-hydroxylation sites is 1. The predicted octanol–water partition coefficient (Wildman–Crippen LogP) is 4.13. The fourth-order valence-corrected chi connectivity index (χ4v) is 3.00. The van der Waals surface area contributed by atoms with Crippen LogP contribution in [0.2, 0.25) is 0 Å². The molecule has 1 aromatic heterocycles. The van der Waals surface area contributed by atoms with E-state index < -0.39 is 0 Å². The van der Waals surface area contributed by atoms with Crippen molar-refractivity contribution in [3.8, 4) is 11.3 Å². The van der Waals surface area contributed by atoms with Crippen molar-refractivity contribution >= 4 is 10.9 Å². The summed E-state index contributed by atoms with van der Waals surface area (Å²) in [4.78, 5) is 3.61. The van der Waals surface area contributed by atoms with Crippen LogP contribution in [0.4, 0.5) is 0 Å². The number of nitrogens with one attached hydrogen (secondary N) is 2. The summed E-state index contributed by atoms with van der Waals surface area (Å²) in [6.07, 6.45) is 3.77. The number of rotatable bonds is 5. The number of aromatic amines is 1. The van der Waals surface area contributed by atoms with Crippen LogP contribution >= 0.6 is 0 Å². The number of hydrogen-bond acceptors (Lipinski definition) is 1. The Kier molecular flexibility index (Phi) is 3.24. The normalized spacial score (nSPS) is 14.7. The van der Waals surface area contributed by atoms with E-state index in [1.54, 1.807) is 0 Å². The van der Waals surface area contributed by atoms with Gasteiger partial charge in [-0.05, 0) is 43.0 Å². The van der Waals surface area contributed by atoms with Gasteiger partial charge in [-0.15, -0.1) is 0 Å². The molecule has 1 heterocycles. The molecule has 2 nitrogen and oxygen atoms in total. The highest BCUT2D eigenvalue weighted by molar-refractivity contribution is 5.90. The lowest BCUT2D eigenvalue weighted by Crippen LogP contribution is -2.19. The fraction of sp³-hybridized carbons (Fsp3) is 0.263. The molecule has 2 N–H and O–H groups in total. The summed E-state index contributed by atoms with van der Waals surface area (Å²) in [5, 5.41) is 4.98. The first-order chi connectivity index (χ1) is 10.4. The van der Waals surface area contributed by atoms with Gasteiger partial charge in [0, 0.05) is 22.6 Å². The molecule has 1 aliphatic rings. The molecule has 1 fully saturated rings. The average Bonchev–Trinajstić information content (AvgIpc) is 3.29. The predicted molar refractivity (Wildman–Crippen MR) is 88.5 cm³/mol. The molecule has 0 spiro atoms. The van der Waals surface area contributed by atoms with Crippen molar-refractivity contribution in [3.05, 3.63) is 60.2 Å². The molecule has 0 saturated heterocycles. The van der Waals surface area contributed by atoms with E-state index in [0.717, 1.165) is 19.0 Å². The second kappa shape index (κ2) is 5.38. The molecule has 1 aliphatic carbocycles. The molecule has 2 heteroatoms. The summed E-state index contributed by atoms with van der Waals surface area (Å²) in [5.41, 5.74) is 5.22. The van der Waals surface area contributed by atoms with E-state index >= 15 is 0 Å². The van der Waals surface area contributed by atoms with Crippen molar-refractivity contribution in [1.82, 2.24) is 10.3 Å². The molecule has 0 amide bonds. The van der Waals surface area contributed by atoms with Gasteiger partial charge in [-0.2, -0.15) is 0 Å². The summed E-state index contributed by atoms with van der Waals surface area (Å²) in [5.74, 6) is 0. The van der Waals surface area contributed by atoms with Crippen LogP contribution in [0.15, 0.2) is 54.6 Å². The van der Waals surface area contributed by atoms with E-state index in [-0.39, 0.29) is 0 Å². The second-order valence-corrected chi connectivity index (χ2v) is 5.87. The molecule has 106 valence electrons. The topological polar surface area (TPSA) is 27.8 Å². The molecule has 0 unspecified atom stereocenters. The summed E-state index contributed by atoms with van der Waals surface area (Å²) in [7, 11) is 0. The van der Waals surface area contributed by atoms with Gasteiger partial charge in [0.2, 0.25) is 0 Å². The summed E-state index contributed by atoms with van der Waals surface area (Å²) in [6.45, 7) is 1.06. The van der Waals surface area contributed by atoms with Crippen LogP contribution < -0.4 is 5.32 Å². The summed E-state index contributed by atoms with van der Waals surface area (Å²) in [6, 6.07) is 20.0. The van der Waals surface area contributed by atoms with E-state index in [1.165, 1.54) is 40.6 Å². The van der Waals surface area contributed by atoms with Crippen molar-refractivity contribution < 1.29 is 0 Å². The lowest BCUT2D eigenvalue weighted by molar-refractivity contribution is 0.684.